The molecule has 1 aromatic heterocycles. The van der Waals surface area contributed by atoms with Crippen molar-refractivity contribution >= 4 is 5.78 Å². The summed E-state index contributed by atoms with van der Waals surface area (Å²) in [4.78, 5) is 18.5. The zero-order valence-electron chi connectivity index (χ0n) is 16.9. The average Bonchev–Trinajstić information content (AvgIpc) is 3.29. The molecule has 0 unspecified atom stereocenters. The van der Waals surface area contributed by atoms with Gasteiger partial charge in [-0.3, -0.25) is 4.79 Å². The van der Waals surface area contributed by atoms with Crippen LogP contribution in [0.3, 0.4) is 0 Å². The lowest BCUT2D eigenvalue weighted by atomic mass is 9.97. The van der Waals surface area contributed by atoms with E-state index in [2.05, 4.69) is 33.4 Å². The first-order chi connectivity index (χ1) is 13.6. The molecule has 0 spiro atoms. The summed E-state index contributed by atoms with van der Waals surface area (Å²) in [5.41, 5.74) is 1.59. The SMILES string of the molecule is Cc1cc(C(=O)CC[C@H](C)CN2CCC[C@@H]2C)ccc1-c1noc(C(F)(F)F)n1. The monoisotopic (exact) mass is 409 g/mol. The smallest absolute Gasteiger partial charge is 0.329 e. The number of hydrogen-bond donors (Lipinski definition) is 0. The number of hydrogen-bond acceptors (Lipinski definition) is 5. The zero-order chi connectivity index (χ0) is 21.2. The number of rotatable bonds is 7. The summed E-state index contributed by atoms with van der Waals surface area (Å²) in [5.74, 6) is -1.06. The van der Waals surface area contributed by atoms with Gasteiger partial charge in [0.05, 0.1) is 0 Å². The summed E-state index contributed by atoms with van der Waals surface area (Å²) in [6.07, 6.45) is -0.949. The summed E-state index contributed by atoms with van der Waals surface area (Å²) in [6.45, 7) is 8.27. The molecule has 2 atom stereocenters. The fourth-order valence-electron chi connectivity index (χ4n) is 3.81. The third kappa shape index (κ3) is 5.23. The van der Waals surface area contributed by atoms with E-state index >= 15 is 0 Å². The van der Waals surface area contributed by atoms with Gasteiger partial charge < -0.3 is 9.42 Å². The summed E-state index contributed by atoms with van der Waals surface area (Å²) < 4.78 is 42.2. The van der Waals surface area contributed by atoms with Crippen molar-refractivity contribution in [2.24, 2.45) is 5.92 Å². The predicted octanol–water partition coefficient (Wildman–Crippen LogP) is 5.15. The van der Waals surface area contributed by atoms with Crippen LogP contribution in [0, 0.1) is 12.8 Å². The van der Waals surface area contributed by atoms with Crippen LogP contribution in [-0.4, -0.2) is 40.0 Å². The average molecular weight is 409 g/mol. The molecule has 0 N–H and O–H groups in total. The first-order valence-corrected chi connectivity index (χ1v) is 9.94. The van der Waals surface area contributed by atoms with E-state index in [-0.39, 0.29) is 11.6 Å². The summed E-state index contributed by atoms with van der Waals surface area (Å²) in [6, 6.07) is 5.48. The molecule has 3 rings (SSSR count). The van der Waals surface area contributed by atoms with E-state index in [0.717, 1.165) is 19.5 Å². The van der Waals surface area contributed by atoms with Crippen molar-refractivity contribution in [3.63, 3.8) is 0 Å². The summed E-state index contributed by atoms with van der Waals surface area (Å²) >= 11 is 0. The molecule has 29 heavy (non-hydrogen) atoms. The Hall–Kier alpha value is -2.22. The Bertz CT molecular complexity index is 863. The Morgan fingerprint density at radius 2 is 2.14 bits per heavy atom. The van der Waals surface area contributed by atoms with Gasteiger partial charge in [0.1, 0.15) is 0 Å². The van der Waals surface area contributed by atoms with Gasteiger partial charge >= 0.3 is 12.1 Å². The summed E-state index contributed by atoms with van der Waals surface area (Å²) in [5, 5.41) is 3.41. The van der Waals surface area contributed by atoms with Crippen LogP contribution in [0.4, 0.5) is 13.2 Å². The molecular formula is C21H26F3N3O2. The molecule has 0 saturated carbocycles. The van der Waals surface area contributed by atoms with Crippen molar-refractivity contribution in [2.75, 3.05) is 13.1 Å². The van der Waals surface area contributed by atoms with Crippen molar-refractivity contribution < 1.29 is 22.5 Å². The molecule has 0 bridgehead atoms. The van der Waals surface area contributed by atoms with Crippen LogP contribution in [0.5, 0.6) is 0 Å². The first kappa shape index (κ1) is 21.5. The van der Waals surface area contributed by atoms with Crippen LogP contribution >= 0.6 is 0 Å². The van der Waals surface area contributed by atoms with Gasteiger partial charge in [-0.1, -0.05) is 24.2 Å². The van der Waals surface area contributed by atoms with Gasteiger partial charge in [-0.05, 0) is 57.2 Å². The van der Waals surface area contributed by atoms with Crippen LogP contribution in [-0.2, 0) is 6.18 Å². The van der Waals surface area contributed by atoms with Gasteiger partial charge in [0, 0.05) is 30.1 Å². The number of Topliss-reactive ketones (excluding diaryl/α,β-unsaturated/α-hetero) is 1. The molecule has 1 fully saturated rings. The van der Waals surface area contributed by atoms with Crippen LogP contribution in [0.1, 0.15) is 61.3 Å². The number of aryl methyl sites for hydroxylation is 1. The van der Waals surface area contributed by atoms with Crippen molar-refractivity contribution in [1.82, 2.24) is 15.0 Å². The topological polar surface area (TPSA) is 59.2 Å². The first-order valence-electron chi connectivity index (χ1n) is 9.94. The molecule has 158 valence electrons. The summed E-state index contributed by atoms with van der Waals surface area (Å²) in [7, 11) is 0. The number of carbonyl (C=O) groups is 1. The number of ketones is 1. The molecule has 0 aliphatic carbocycles. The lowest BCUT2D eigenvalue weighted by molar-refractivity contribution is -0.159. The molecule has 2 aromatic rings. The Kier molecular flexibility index (Phi) is 6.41. The van der Waals surface area contributed by atoms with E-state index in [0.29, 0.717) is 35.1 Å². The fraction of sp³-hybridized carbons (Fsp3) is 0.571. The van der Waals surface area contributed by atoms with Gasteiger partial charge in [0.2, 0.25) is 5.82 Å². The molecular weight excluding hydrogens is 383 g/mol. The number of carbonyl (C=O) groups excluding carboxylic acids is 1. The molecule has 8 heteroatoms. The zero-order valence-corrected chi connectivity index (χ0v) is 16.9. The number of nitrogens with zero attached hydrogens (tertiary/aromatic N) is 3. The van der Waals surface area contributed by atoms with Crippen molar-refractivity contribution in [2.45, 2.75) is 58.7 Å². The van der Waals surface area contributed by atoms with Gasteiger partial charge in [0.15, 0.2) is 5.78 Å². The third-order valence-corrected chi connectivity index (χ3v) is 5.56. The van der Waals surface area contributed by atoms with E-state index in [1.54, 1.807) is 25.1 Å². The van der Waals surface area contributed by atoms with Crippen LogP contribution in [0.2, 0.25) is 0 Å². The van der Waals surface area contributed by atoms with Crippen LogP contribution < -0.4 is 0 Å². The maximum absolute atomic E-state index is 12.6. The molecule has 0 amide bonds. The van der Waals surface area contributed by atoms with E-state index in [1.165, 1.54) is 12.8 Å². The number of aromatic nitrogens is 2. The highest BCUT2D eigenvalue weighted by atomic mass is 19.4. The second-order valence-corrected chi connectivity index (χ2v) is 8.00. The van der Waals surface area contributed by atoms with Crippen molar-refractivity contribution in [1.29, 1.82) is 0 Å². The predicted molar refractivity (Wildman–Crippen MR) is 102 cm³/mol. The van der Waals surface area contributed by atoms with Crippen LogP contribution in [0.15, 0.2) is 22.7 Å². The lowest BCUT2D eigenvalue weighted by Crippen LogP contribution is -2.31. The van der Waals surface area contributed by atoms with Gasteiger partial charge in [-0.25, -0.2) is 0 Å². The van der Waals surface area contributed by atoms with Crippen LogP contribution in [0.25, 0.3) is 11.4 Å². The minimum absolute atomic E-state index is 0.0325. The van der Waals surface area contributed by atoms with Gasteiger partial charge in [0.25, 0.3) is 0 Å². The Morgan fingerprint density at radius 3 is 2.72 bits per heavy atom. The van der Waals surface area contributed by atoms with E-state index in [1.807, 2.05) is 0 Å². The Labute approximate surface area is 168 Å². The molecule has 1 aliphatic heterocycles. The quantitative estimate of drug-likeness (QED) is 0.592. The Morgan fingerprint density at radius 1 is 1.38 bits per heavy atom. The van der Waals surface area contributed by atoms with Crippen molar-refractivity contribution in [3.8, 4) is 11.4 Å². The molecule has 1 saturated heterocycles. The maximum Gasteiger partial charge on any atom is 0.471 e. The second kappa shape index (κ2) is 8.65. The van der Waals surface area contributed by atoms with E-state index in [4.69, 9.17) is 0 Å². The number of alkyl halides is 3. The van der Waals surface area contributed by atoms with Crippen molar-refractivity contribution in [3.05, 3.63) is 35.2 Å². The largest absolute Gasteiger partial charge is 0.471 e. The lowest BCUT2D eigenvalue weighted by Gasteiger charge is -2.24. The highest BCUT2D eigenvalue weighted by molar-refractivity contribution is 5.96. The number of benzene rings is 1. The second-order valence-electron chi connectivity index (χ2n) is 8.00. The fourth-order valence-corrected chi connectivity index (χ4v) is 3.81. The maximum atomic E-state index is 12.6. The molecule has 2 heterocycles. The molecule has 1 aromatic carbocycles. The third-order valence-electron chi connectivity index (χ3n) is 5.56. The number of likely N-dealkylation sites (tertiary alicyclic amines) is 1. The molecule has 5 nitrogen and oxygen atoms in total. The number of halogens is 3. The van der Waals surface area contributed by atoms with E-state index in [9.17, 15) is 18.0 Å². The normalized spacial score (nSPS) is 18.9. The molecule has 1 aliphatic rings. The van der Waals surface area contributed by atoms with Gasteiger partial charge in [-0.2, -0.15) is 18.2 Å². The Balaban J connectivity index is 1.60. The highest BCUT2D eigenvalue weighted by Gasteiger charge is 2.38. The molecule has 0 radical (unpaired) electrons. The van der Waals surface area contributed by atoms with E-state index < -0.39 is 12.1 Å². The highest BCUT2D eigenvalue weighted by Crippen LogP contribution is 2.30. The minimum atomic E-state index is -4.68. The van der Waals surface area contributed by atoms with Gasteiger partial charge in [-0.15, -0.1) is 0 Å². The standard InChI is InChI=1S/C21H26F3N3O2/c1-13(12-27-10-4-5-15(27)3)6-9-18(28)16-7-8-17(14(2)11-16)19-25-20(29-26-19)21(22,23)24/h7-8,11,13,15H,4-6,9-10,12H2,1-3H3/t13-,15-/m0/s1. The minimum Gasteiger partial charge on any atom is -0.329 e.